The van der Waals surface area contributed by atoms with Crippen molar-refractivity contribution in [1.82, 2.24) is 4.90 Å². The lowest BCUT2D eigenvalue weighted by atomic mass is 10.3. The molecule has 1 aliphatic rings. The molecule has 1 aliphatic heterocycles. The average molecular weight is 183 g/mol. The monoisotopic (exact) mass is 183 g/mol. The predicted octanol–water partition coefficient (Wildman–Crippen LogP) is 0.686. The normalized spacial score (nSPS) is 17.8. The molecule has 0 bridgehead atoms. The summed E-state index contributed by atoms with van der Waals surface area (Å²) in [6.07, 6.45) is 2.94. The summed E-state index contributed by atoms with van der Waals surface area (Å²) in [7, 11) is 1.31. The Bertz CT molecular complexity index is 258. The number of rotatable bonds is 2. The minimum absolute atomic E-state index is 0.00139. The van der Waals surface area contributed by atoms with Crippen LogP contribution in [0.5, 0.6) is 0 Å². The SMILES string of the molecule is CC=C(C(=O)OC)N1CCCC1=O. The maximum atomic E-state index is 11.3. The third-order valence-corrected chi connectivity index (χ3v) is 2.03. The molecule has 0 aromatic rings. The first kappa shape index (κ1) is 9.77. The van der Waals surface area contributed by atoms with Crippen molar-refractivity contribution in [2.75, 3.05) is 13.7 Å². The number of allylic oxidation sites excluding steroid dienone is 1. The third kappa shape index (κ3) is 1.88. The molecule has 0 spiro atoms. The summed E-state index contributed by atoms with van der Waals surface area (Å²) in [6, 6.07) is 0. The molecule has 0 radical (unpaired) electrons. The summed E-state index contributed by atoms with van der Waals surface area (Å²) in [4.78, 5) is 23.9. The van der Waals surface area contributed by atoms with Crippen molar-refractivity contribution in [2.45, 2.75) is 19.8 Å². The molecule has 1 heterocycles. The minimum atomic E-state index is -0.447. The topological polar surface area (TPSA) is 46.6 Å². The van der Waals surface area contributed by atoms with Crippen LogP contribution in [0.1, 0.15) is 19.8 Å². The van der Waals surface area contributed by atoms with Gasteiger partial charge >= 0.3 is 5.97 Å². The van der Waals surface area contributed by atoms with Gasteiger partial charge in [0.2, 0.25) is 5.91 Å². The zero-order valence-electron chi connectivity index (χ0n) is 7.87. The van der Waals surface area contributed by atoms with Crippen LogP contribution in [0.3, 0.4) is 0 Å². The van der Waals surface area contributed by atoms with Crippen molar-refractivity contribution in [1.29, 1.82) is 0 Å². The predicted molar refractivity (Wildman–Crippen MR) is 46.7 cm³/mol. The first-order valence-electron chi connectivity index (χ1n) is 4.25. The van der Waals surface area contributed by atoms with Gasteiger partial charge in [0.05, 0.1) is 7.11 Å². The molecular weight excluding hydrogens is 170 g/mol. The lowest BCUT2D eigenvalue weighted by Gasteiger charge is -2.16. The van der Waals surface area contributed by atoms with Crippen LogP contribution in [-0.2, 0) is 14.3 Å². The fraction of sp³-hybridized carbons (Fsp3) is 0.556. The lowest BCUT2D eigenvalue weighted by molar-refractivity contribution is -0.140. The summed E-state index contributed by atoms with van der Waals surface area (Å²) >= 11 is 0. The molecule has 0 unspecified atom stereocenters. The molecule has 1 rings (SSSR count). The van der Waals surface area contributed by atoms with Crippen LogP contribution in [0.15, 0.2) is 11.8 Å². The Labute approximate surface area is 77.2 Å². The molecule has 72 valence electrons. The Morgan fingerprint density at radius 1 is 1.62 bits per heavy atom. The Balaban J connectivity index is 2.78. The Hall–Kier alpha value is -1.32. The molecule has 1 saturated heterocycles. The Kier molecular flexibility index (Phi) is 3.06. The van der Waals surface area contributed by atoms with Gasteiger partial charge in [0, 0.05) is 13.0 Å². The highest BCUT2D eigenvalue weighted by atomic mass is 16.5. The number of hydrogen-bond acceptors (Lipinski definition) is 3. The lowest BCUT2D eigenvalue weighted by Crippen LogP contribution is -2.29. The van der Waals surface area contributed by atoms with Crippen LogP contribution in [0.2, 0.25) is 0 Å². The van der Waals surface area contributed by atoms with E-state index < -0.39 is 5.97 Å². The molecule has 0 atom stereocenters. The molecule has 0 aliphatic carbocycles. The number of ether oxygens (including phenoxy) is 1. The number of amides is 1. The van der Waals surface area contributed by atoms with Gasteiger partial charge in [0.25, 0.3) is 0 Å². The number of likely N-dealkylation sites (tertiary alicyclic amines) is 1. The van der Waals surface area contributed by atoms with Gasteiger partial charge in [0.15, 0.2) is 0 Å². The van der Waals surface area contributed by atoms with Gasteiger partial charge in [-0.05, 0) is 13.3 Å². The van der Waals surface area contributed by atoms with Crippen LogP contribution in [0.4, 0.5) is 0 Å². The summed E-state index contributed by atoms with van der Waals surface area (Å²) in [5, 5.41) is 0. The van der Waals surface area contributed by atoms with E-state index in [2.05, 4.69) is 4.74 Å². The second kappa shape index (κ2) is 4.07. The number of methoxy groups -OCH3 is 1. The van der Waals surface area contributed by atoms with E-state index in [4.69, 9.17) is 0 Å². The number of hydrogen-bond donors (Lipinski definition) is 0. The smallest absolute Gasteiger partial charge is 0.354 e. The maximum Gasteiger partial charge on any atom is 0.354 e. The Morgan fingerprint density at radius 2 is 2.31 bits per heavy atom. The third-order valence-electron chi connectivity index (χ3n) is 2.03. The van der Waals surface area contributed by atoms with E-state index in [9.17, 15) is 9.59 Å². The van der Waals surface area contributed by atoms with E-state index in [0.717, 1.165) is 6.42 Å². The molecular formula is C9H13NO3. The number of carbonyl (C=O) groups is 2. The highest BCUT2D eigenvalue weighted by Crippen LogP contribution is 2.16. The first-order chi connectivity index (χ1) is 6.20. The second-order valence-electron chi connectivity index (χ2n) is 2.81. The second-order valence-corrected chi connectivity index (χ2v) is 2.81. The fourth-order valence-corrected chi connectivity index (χ4v) is 1.39. The van der Waals surface area contributed by atoms with Crippen molar-refractivity contribution in [3.05, 3.63) is 11.8 Å². The molecule has 0 aromatic carbocycles. The van der Waals surface area contributed by atoms with Gasteiger partial charge < -0.3 is 9.64 Å². The number of nitrogens with zero attached hydrogens (tertiary/aromatic N) is 1. The minimum Gasteiger partial charge on any atom is -0.464 e. The van der Waals surface area contributed by atoms with Crippen LogP contribution in [0, 0.1) is 0 Å². The van der Waals surface area contributed by atoms with Gasteiger partial charge in [0.1, 0.15) is 5.70 Å². The molecule has 0 N–H and O–H groups in total. The zero-order valence-corrected chi connectivity index (χ0v) is 7.87. The molecule has 4 heteroatoms. The number of carbonyl (C=O) groups excluding carboxylic acids is 2. The van der Waals surface area contributed by atoms with Crippen LogP contribution >= 0.6 is 0 Å². The molecule has 4 nitrogen and oxygen atoms in total. The van der Waals surface area contributed by atoms with Crippen LogP contribution < -0.4 is 0 Å². The molecule has 1 amide bonds. The average Bonchev–Trinajstić information content (AvgIpc) is 2.53. The van der Waals surface area contributed by atoms with Crippen molar-refractivity contribution in [2.24, 2.45) is 0 Å². The zero-order chi connectivity index (χ0) is 9.84. The fourth-order valence-electron chi connectivity index (χ4n) is 1.39. The molecule has 0 aromatic heterocycles. The van der Waals surface area contributed by atoms with E-state index in [0.29, 0.717) is 18.7 Å². The Morgan fingerprint density at radius 3 is 2.69 bits per heavy atom. The summed E-state index contributed by atoms with van der Waals surface area (Å²) < 4.78 is 4.56. The highest BCUT2D eigenvalue weighted by molar-refractivity contribution is 5.94. The van der Waals surface area contributed by atoms with E-state index in [1.807, 2.05) is 0 Å². The maximum absolute atomic E-state index is 11.3. The number of esters is 1. The van der Waals surface area contributed by atoms with Gasteiger partial charge in [-0.3, -0.25) is 4.79 Å². The van der Waals surface area contributed by atoms with E-state index in [1.54, 1.807) is 13.0 Å². The van der Waals surface area contributed by atoms with E-state index in [-0.39, 0.29) is 5.91 Å². The molecule has 1 fully saturated rings. The van der Waals surface area contributed by atoms with Gasteiger partial charge in [-0.15, -0.1) is 0 Å². The van der Waals surface area contributed by atoms with Crippen molar-refractivity contribution < 1.29 is 14.3 Å². The summed E-state index contributed by atoms with van der Waals surface area (Å²) in [6.45, 7) is 2.34. The van der Waals surface area contributed by atoms with Crippen LogP contribution in [0.25, 0.3) is 0 Å². The highest BCUT2D eigenvalue weighted by Gasteiger charge is 2.27. The van der Waals surface area contributed by atoms with Gasteiger partial charge in [-0.1, -0.05) is 6.08 Å². The standard InChI is InChI=1S/C9H13NO3/c1-3-7(9(12)13-2)10-6-4-5-8(10)11/h3H,4-6H2,1-2H3. The van der Waals surface area contributed by atoms with Gasteiger partial charge in [-0.2, -0.15) is 0 Å². The van der Waals surface area contributed by atoms with Crippen molar-refractivity contribution in [3.8, 4) is 0 Å². The largest absolute Gasteiger partial charge is 0.464 e. The molecule has 13 heavy (non-hydrogen) atoms. The summed E-state index contributed by atoms with van der Waals surface area (Å²) in [5.74, 6) is -0.448. The van der Waals surface area contributed by atoms with Gasteiger partial charge in [-0.25, -0.2) is 4.79 Å². The van der Waals surface area contributed by atoms with E-state index >= 15 is 0 Å². The van der Waals surface area contributed by atoms with Crippen molar-refractivity contribution >= 4 is 11.9 Å². The van der Waals surface area contributed by atoms with E-state index in [1.165, 1.54) is 12.0 Å². The van der Waals surface area contributed by atoms with Crippen molar-refractivity contribution in [3.63, 3.8) is 0 Å². The summed E-state index contributed by atoms with van der Waals surface area (Å²) in [5.41, 5.74) is 0.352. The molecule has 0 saturated carbocycles. The van der Waals surface area contributed by atoms with Crippen LogP contribution in [-0.4, -0.2) is 30.4 Å². The quantitative estimate of drug-likeness (QED) is 0.467. The first-order valence-corrected chi connectivity index (χ1v) is 4.25.